The number of hydrogen-bond acceptors (Lipinski definition) is 3. The van der Waals surface area contributed by atoms with E-state index in [1.165, 1.54) is 0 Å². The number of benzene rings is 2. The molecule has 0 atom stereocenters. The maximum absolute atomic E-state index is 12.4. The van der Waals surface area contributed by atoms with Crippen LogP contribution in [0.4, 0.5) is 11.4 Å². The lowest BCUT2D eigenvalue weighted by Crippen LogP contribution is -2.15. The van der Waals surface area contributed by atoms with Crippen LogP contribution in [-0.2, 0) is 10.0 Å². The summed E-state index contributed by atoms with van der Waals surface area (Å²) in [5, 5.41) is 0. The highest BCUT2D eigenvalue weighted by Gasteiger charge is 2.18. The molecule has 2 aromatic rings. The maximum atomic E-state index is 12.4. The zero-order valence-electron chi connectivity index (χ0n) is 11.8. The van der Waals surface area contributed by atoms with Crippen molar-refractivity contribution in [2.75, 3.05) is 10.5 Å². The highest BCUT2D eigenvalue weighted by molar-refractivity contribution is 7.92. The second kappa shape index (κ2) is 5.17. The molecule has 0 aromatic heterocycles. The molecule has 0 aliphatic rings. The van der Waals surface area contributed by atoms with Gasteiger partial charge >= 0.3 is 0 Å². The molecule has 4 nitrogen and oxygen atoms in total. The highest BCUT2D eigenvalue weighted by Crippen LogP contribution is 2.25. The second-order valence-electron chi connectivity index (χ2n) is 4.95. The molecule has 0 saturated heterocycles. The molecule has 0 fully saturated rings. The summed E-state index contributed by atoms with van der Waals surface area (Å²) in [6, 6.07) is 10.4. The van der Waals surface area contributed by atoms with E-state index in [0.717, 1.165) is 16.7 Å². The molecule has 2 aromatic carbocycles. The minimum Gasteiger partial charge on any atom is -0.398 e. The largest absolute Gasteiger partial charge is 0.398 e. The van der Waals surface area contributed by atoms with E-state index in [1.54, 1.807) is 24.3 Å². The fourth-order valence-electron chi connectivity index (χ4n) is 1.88. The van der Waals surface area contributed by atoms with E-state index in [2.05, 4.69) is 4.72 Å². The lowest BCUT2D eigenvalue weighted by molar-refractivity contribution is 0.601. The Kier molecular flexibility index (Phi) is 3.72. The fourth-order valence-corrected chi connectivity index (χ4v) is 3.13. The van der Waals surface area contributed by atoms with Gasteiger partial charge in [-0.2, -0.15) is 0 Å². The van der Waals surface area contributed by atoms with Crippen molar-refractivity contribution in [3.8, 4) is 0 Å². The number of sulfonamides is 1. The Morgan fingerprint density at radius 3 is 2.10 bits per heavy atom. The molecule has 0 spiro atoms. The highest BCUT2D eigenvalue weighted by atomic mass is 32.2. The van der Waals surface area contributed by atoms with Crippen LogP contribution in [0.2, 0.25) is 0 Å². The Bertz CT molecular complexity index is 735. The smallest absolute Gasteiger partial charge is 0.263 e. The van der Waals surface area contributed by atoms with Crippen LogP contribution in [-0.4, -0.2) is 8.42 Å². The topological polar surface area (TPSA) is 72.2 Å². The summed E-state index contributed by atoms with van der Waals surface area (Å²) in [5.74, 6) is 0. The lowest BCUT2D eigenvalue weighted by atomic mass is 10.1. The molecule has 0 bridgehead atoms. The molecule has 5 heteroatoms. The third kappa shape index (κ3) is 2.93. The molecule has 0 aliphatic heterocycles. The van der Waals surface area contributed by atoms with Crippen molar-refractivity contribution >= 4 is 21.4 Å². The van der Waals surface area contributed by atoms with Crippen LogP contribution in [0.3, 0.4) is 0 Å². The van der Waals surface area contributed by atoms with Crippen LogP contribution >= 0.6 is 0 Å². The van der Waals surface area contributed by atoms with Crippen LogP contribution in [0.25, 0.3) is 0 Å². The predicted octanol–water partition coefficient (Wildman–Crippen LogP) is 2.99. The van der Waals surface area contributed by atoms with Gasteiger partial charge in [0.05, 0.1) is 5.69 Å². The van der Waals surface area contributed by atoms with Gasteiger partial charge in [0, 0.05) is 5.69 Å². The molecule has 0 radical (unpaired) electrons. The van der Waals surface area contributed by atoms with Gasteiger partial charge in [-0.05, 0) is 56.2 Å². The fraction of sp³-hybridized carbons (Fsp3) is 0.200. The summed E-state index contributed by atoms with van der Waals surface area (Å²) >= 11 is 0. The molecule has 0 heterocycles. The average molecular weight is 290 g/mol. The van der Waals surface area contributed by atoms with E-state index in [9.17, 15) is 8.42 Å². The minimum atomic E-state index is -3.67. The number of rotatable bonds is 3. The van der Waals surface area contributed by atoms with Gasteiger partial charge < -0.3 is 5.73 Å². The first-order valence-corrected chi connectivity index (χ1v) is 7.74. The monoisotopic (exact) mass is 290 g/mol. The molecule has 3 N–H and O–H groups in total. The number of anilines is 2. The summed E-state index contributed by atoms with van der Waals surface area (Å²) in [5.41, 5.74) is 9.54. The van der Waals surface area contributed by atoms with Gasteiger partial charge in [0.15, 0.2) is 0 Å². The van der Waals surface area contributed by atoms with Crippen LogP contribution in [0.5, 0.6) is 0 Å². The van der Waals surface area contributed by atoms with Gasteiger partial charge in [0.25, 0.3) is 10.0 Å². The van der Waals surface area contributed by atoms with Crippen LogP contribution in [0.1, 0.15) is 16.7 Å². The van der Waals surface area contributed by atoms with Crippen molar-refractivity contribution < 1.29 is 8.42 Å². The molecule has 20 heavy (non-hydrogen) atoms. The molecular formula is C15H18N2O2S. The normalized spacial score (nSPS) is 11.3. The Labute approximate surface area is 119 Å². The third-order valence-corrected chi connectivity index (χ3v) is 4.66. The Morgan fingerprint density at radius 1 is 0.950 bits per heavy atom. The van der Waals surface area contributed by atoms with Crippen molar-refractivity contribution in [3.05, 3.63) is 53.1 Å². The van der Waals surface area contributed by atoms with E-state index < -0.39 is 10.0 Å². The van der Waals surface area contributed by atoms with Crippen molar-refractivity contribution in [3.63, 3.8) is 0 Å². The van der Waals surface area contributed by atoms with E-state index in [1.807, 2.05) is 32.9 Å². The summed E-state index contributed by atoms with van der Waals surface area (Å²) in [6.45, 7) is 5.70. The Balaban J connectivity index is 2.40. The van der Waals surface area contributed by atoms with Crippen molar-refractivity contribution in [1.82, 2.24) is 0 Å². The van der Waals surface area contributed by atoms with Crippen LogP contribution in [0, 0.1) is 20.8 Å². The van der Waals surface area contributed by atoms with Gasteiger partial charge in [-0.15, -0.1) is 0 Å². The van der Waals surface area contributed by atoms with Crippen LogP contribution < -0.4 is 10.5 Å². The van der Waals surface area contributed by atoms with Gasteiger partial charge in [-0.3, -0.25) is 4.72 Å². The SMILES string of the molecule is Cc1ccc(NS(=O)(=O)c2cc(C)c(C)cc2N)cc1. The molecule has 0 unspecified atom stereocenters. The molecular weight excluding hydrogens is 272 g/mol. The van der Waals surface area contributed by atoms with Crippen LogP contribution in [0.15, 0.2) is 41.3 Å². The summed E-state index contributed by atoms with van der Waals surface area (Å²) in [7, 11) is -3.67. The molecule has 106 valence electrons. The van der Waals surface area contributed by atoms with Crippen molar-refractivity contribution in [1.29, 1.82) is 0 Å². The number of nitrogen functional groups attached to an aromatic ring is 1. The van der Waals surface area contributed by atoms with E-state index in [-0.39, 0.29) is 10.6 Å². The predicted molar refractivity (Wildman–Crippen MR) is 82.3 cm³/mol. The lowest BCUT2D eigenvalue weighted by Gasteiger charge is -2.12. The number of hydrogen-bond donors (Lipinski definition) is 2. The van der Waals surface area contributed by atoms with Crippen molar-refractivity contribution in [2.24, 2.45) is 0 Å². The zero-order chi connectivity index (χ0) is 14.9. The number of nitrogens with one attached hydrogen (secondary N) is 1. The summed E-state index contributed by atoms with van der Waals surface area (Å²) in [4.78, 5) is 0.112. The van der Waals surface area contributed by atoms with Crippen molar-refractivity contribution in [2.45, 2.75) is 25.7 Å². The van der Waals surface area contributed by atoms with E-state index in [0.29, 0.717) is 5.69 Å². The van der Waals surface area contributed by atoms with Gasteiger partial charge in [-0.25, -0.2) is 8.42 Å². The summed E-state index contributed by atoms with van der Waals surface area (Å²) < 4.78 is 27.3. The molecule has 2 rings (SSSR count). The molecule has 0 amide bonds. The summed E-state index contributed by atoms with van der Waals surface area (Å²) in [6.07, 6.45) is 0. The standard InChI is InChI=1S/C15H18N2O2S/c1-10-4-6-13(7-5-10)17-20(18,19)15-9-12(3)11(2)8-14(15)16/h4-9,17H,16H2,1-3H3. The van der Waals surface area contributed by atoms with Gasteiger partial charge in [0.2, 0.25) is 0 Å². The first kappa shape index (κ1) is 14.4. The molecule has 0 aliphatic carbocycles. The maximum Gasteiger partial charge on any atom is 0.263 e. The zero-order valence-corrected chi connectivity index (χ0v) is 12.6. The quantitative estimate of drug-likeness (QED) is 0.854. The first-order valence-electron chi connectivity index (χ1n) is 6.26. The van der Waals surface area contributed by atoms with E-state index in [4.69, 9.17) is 5.73 Å². The van der Waals surface area contributed by atoms with E-state index >= 15 is 0 Å². The number of aryl methyl sites for hydroxylation is 3. The molecule has 0 saturated carbocycles. The Morgan fingerprint density at radius 2 is 1.50 bits per heavy atom. The van der Waals surface area contributed by atoms with Gasteiger partial charge in [0.1, 0.15) is 4.90 Å². The Hall–Kier alpha value is -2.01. The first-order chi connectivity index (χ1) is 9.29. The minimum absolute atomic E-state index is 0.112. The van der Waals surface area contributed by atoms with Gasteiger partial charge in [-0.1, -0.05) is 17.7 Å². The second-order valence-corrected chi connectivity index (χ2v) is 6.60. The number of nitrogens with two attached hydrogens (primary N) is 1. The average Bonchev–Trinajstić information content (AvgIpc) is 2.36. The third-order valence-electron chi connectivity index (χ3n) is 3.22.